The fraction of sp³-hybridized carbons (Fsp3) is 0.0526. The lowest BCUT2D eigenvalue weighted by atomic mass is 10.0. The van der Waals surface area contributed by atoms with Gasteiger partial charge in [0.1, 0.15) is 11.5 Å². The first-order valence-electron chi connectivity index (χ1n) is 7.53. The fourth-order valence-corrected chi connectivity index (χ4v) is 2.84. The monoisotopic (exact) mass is 317 g/mol. The van der Waals surface area contributed by atoms with Crippen LogP contribution in [0.3, 0.4) is 0 Å². The molecule has 3 N–H and O–H groups in total. The highest BCUT2D eigenvalue weighted by molar-refractivity contribution is 6.08. The molecule has 4 rings (SSSR count). The number of aryl methyl sites for hydroxylation is 1. The highest BCUT2D eigenvalue weighted by Crippen LogP contribution is 2.31. The lowest BCUT2D eigenvalue weighted by Gasteiger charge is -2.09. The van der Waals surface area contributed by atoms with Crippen LogP contribution in [0, 0.1) is 6.92 Å². The highest BCUT2D eigenvalue weighted by atomic mass is 16.5. The number of hydrogen-bond acceptors (Lipinski definition) is 5. The second-order valence-corrected chi connectivity index (χ2v) is 5.66. The number of benzene rings is 3. The Morgan fingerprint density at radius 1 is 0.875 bits per heavy atom. The van der Waals surface area contributed by atoms with Gasteiger partial charge in [-0.3, -0.25) is 0 Å². The van der Waals surface area contributed by atoms with E-state index in [2.05, 4.69) is 9.97 Å². The molecule has 0 amide bonds. The molecule has 0 unspecified atom stereocenters. The molecule has 0 fully saturated rings. The van der Waals surface area contributed by atoms with Gasteiger partial charge in [0.2, 0.25) is 11.8 Å². The maximum absolute atomic E-state index is 9.61. The average Bonchev–Trinajstić information content (AvgIpc) is 2.53. The first kappa shape index (κ1) is 14.3. The molecule has 118 valence electrons. The quantitative estimate of drug-likeness (QED) is 0.542. The van der Waals surface area contributed by atoms with E-state index in [1.54, 1.807) is 18.2 Å². The van der Waals surface area contributed by atoms with Crippen molar-refractivity contribution in [2.24, 2.45) is 0 Å². The van der Waals surface area contributed by atoms with Gasteiger partial charge in [0.05, 0.1) is 0 Å². The minimum Gasteiger partial charge on any atom is -0.508 e. The summed E-state index contributed by atoms with van der Waals surface area (Å²) in [5.41, 5.74) is 6.41. The van der Waals surface area contributed by atoms with Gasteiger partial charge in [-0.05, 0) is 52.7 Å². The molecule has 0 bridgehead atoms. The Balaban J connectivity index is 1.78. The first-order valence-corrected chi connectivity index (χ1v) is 7.53. The predicted molar refractivity (Wildman–Crippen MR) is 94.4 cm³/mol. The molecule has 0 spiro atoms. The van der Waals surface area contributed by atoms with Gasteiger partial charge in [-0.1, -0.05) is 24.3 Å². The molecule has 0 radical (unpaired) electrons. The third-order valence-electron chi connectivity index (χ3n) is 3.86. The number of nitrogens with zero attached hydrogens (tertiary/aromatic N) is 2. The SMILES string of the molecule is Cc1cc(Oc2ccc3c(ccc4cc(O)ccc43)c2)nc(N)n1. The Hall–Kier alpha value is -3.34. The van der Waals surface area contributed by atoms with Crippen LogP contribution >= 0.6 is 0 Å². The number of aromatic hydroxyl groups is 1. The molecule has 0 atom stereocenters. The molecule has 4 aromatic rings. The van der Waals surface area contributed by atoms with Crippen molar-refractivity contribution in [3.05, 3.63) is 60.3 Å². The van der Waals surface area contributed by atoms with Gasteiger partial charge in [0.15, 0.2) is 0 Å². The van der Waals surface area contributed by atoms with Crippen molar-refractivity contribution in [1.82, 2.24) is 9.97 Å². The highest BCUT2D eigenvalue weighted by Gasteiger charge is 2.06. The number of nitrogens with two attached hydrogens (primary N) is 1. The van der Waals surface area contributed by atoms with Crippen LogP contribution in [0.1, 0.15) is 5.69 Å². The largest absolute Gasteiger partial charge is 0.508 e. The van der Waals surface area contributed by atoms with Gasteiger partial charge in [0, 0.05) is 11.8 Å². The predicted octanol–water partition coefficient (Wildman–Crippen LogP) is 4.17. The summed E-state index contributed by atoms with van der Waals surface area (Å²) in [6.45, 7) is 1.84. The van der Waals surface area contributed by atoms with Crippen molar-refractivity contribution in [2.75, 3.05) is 5.73 Å². The number of aromatic nitrogens is 2. The number of nitrogen functional groups attached to an aromatic ring is 1. The van der Waals surface area contributed by atoms with Crippen LogP contribution in [0.15, 0.2) is 54.6 Å². The molecule has 1 aromatic heterocycles. The zero-order chi connectivity index (χ0) is 16.7. The smallest absolute Gasteiger partial charge is 0.224 e. The van der Waals surface area contributed by atoms with Crippen molar-refractivity contribution in [1.29, 1.82) is 0 Å². The number of phenols is 1. The summed E-state index contributed by atoms with van der Waals surface area (Å²) in [6, 6.07) is 16.9. The van der Waals surface area contributed by atoms with E-state index in [0.29, 0.717) is 11.6 Å². The van der Waals surface area contributed by atoms with Crippen molar-refractivity contribution >= 4 is 27.5 Å². The number of hydrogen-bond donors (Lipinski definition) is 2. The lowest BCUT2D eigenvalue weighted by molar-refractivity contribution is 0.462. The van der Waals surface area contributed by atoms with E-state index in [1.165, 1.54) is 0 Å². The minimum atomic E-state index is 0.191. The van der Waals surface area contributed by atoms with Crippen LogP contribution in [0.5, 0.6) is 17.4 Å². The molecular formula is C19H15N3O2. The number of anilines is 1. The molecule has 24 heavy (non-hydrogen) atoms. The molecule has 3 aromatic carbocycles. The third kappa shape index (κ3) is 2.56. The van der Waals surface area contributed by atoms with E-state index in [0.717, 1.165) is 27.2 Å². The van der Waals surface area contributed by atoms with E-state index in [-0.39, 0.29) is 11.7 Å². The van der Waals surface area contributed by atoms with Crippen LogP contribution in [0.25, 0.3) is 21.5 Å². The maximum Gasteiger partial charge on any atom is 0.224 e. The van der Waals surface area contributed by atoms with Gasteiger partial charge in [-0.25, -0.2) is 4.98 Å². The Bertz CT molecular complexity index is 1060. The zero-order valence-corrected chi connectivity index (χ0v) is 13.0. The van der Waals surface area contributed by atoms with E-state index in [9.17, 15) is 5.11 Å². The van der Waals surface area contributed by atoms with Crippen LogP contribution < -0.4 is 10.5 Å². The second kappa shape index (κ2) is 5.38. The third-order valence-corrected chi connectivity index (χ3v) is 3.86. The van der Waals surface area contributed by atoms with Crippen LogP contribution in [0.2, 0.25) is 0 Å². The molecule has 1 heterocycles. The van der Waals surface area contributed by atoms with Crippen molar-refractivity contribution in [3.63, 3.8) is 0 Å². The fourth-order valence-electron chi connectivity index (χ4n) is 2.84. The van der Waals surface area contributed by atoms with Gasteiger partial charge in [-0.2, -0.15) is 4.98 Å². The summed E-state index contributed by atoms with van der Waals surface area (Å²) in [5.74, 6) is 1.55. The Morgan fingerprint density at radius 3 is 2.33 bits per heavy atom. The van der Waals surface area contributed by atoms with Crippen molar-refractivity contribution in [2.45, 2.75) is 6.92 Å². The molecule has 0 aliphatic rings. The number of fused-ring (bicyclic) bond motifs is 3. The summed E-state index contributed by atoms with van der Waals surface area (Å²) in [6.07, 6.45) is 0. The standard InChI is InChI=1S/C19H15N3O2/c1-11-8-18(22-19(20)21-11)24-15-5-7-17-13(10-15)3-2-12-9-14(23)4-6-16(12)17/h2-10,23H,1H3,(H2,20,21,22). The van der Waals surface area contributed by atoms with Gasteiger partial charge < -0.3 is 15.6 Å². The minimum absolute atomic E-state index is 0.191. The molecular weight excluding hydrogens is 302 g/mol. The zero-order valence-electron chi connectivity index (χ0n) is 13.0. The normalized spacial score (nSPS) is 11.0. The van der Waals surface area contributed by atoms with Gasteiger partial charge >= 0.3 is 0 Å². The summed E-state index contributed by atoms with van der Waals surface area (Å²) < 4.78 is 5.81. The van der Waals surface area contributed by atoms with Gasteiger partial charge in [0.25, 0.3) is 0 Å². The van der Waals surface area contributed by atoms with Crippen LogP contribution in [0.4, 0.5) is 5.95 Å². The number of ether oxygens (including phenoxy) is 1. The summed E-state index contributed by atoms with van der Waals surface area (Å²) in [7, 11) is 0. The van der Waals surface area contributed by atoms with E-state index in [4.69, 9.17) is 10.5 Å². The molecule has 0 aliphatic heterocycles. The van der Waals surface area contributed by atoms with Crippen LogP contribution in [-0.2, 0) is 0 Å². The molecule has 5 heteroatoms. The average molecular weight is 317 g/mol. The van der Waals surface area contributed by atoms with Crippen molar-refractivity contribution in [3.8, 4) is 17.4 Å². The van der Waals surface area contributed by atoms with Gasteiger partial charge in [-0.15, -0.1) is 0 Å². The Kier molecular flexibility index (Phi) is 3.20. The topological polar surface area (TPSA) is 81.3 Å². The van der Waals surface area contributed by atoms with E-state index in [1.807, 2.05) is 43.3 Å². The van der Waals surface area contributed by atoms with Crippen molar-refractivity contribution < 1.29 is 9.84 Å². The summed E-state index contributed by atoms with van der Waals surface area (Å²) >= 11 is 0. The summed E-state index contributed by atoms with van der Waals surface area (Å²) in [5, 5.41) is 13.8. The van der Waals surface area contributed by atoms with E-state index >= 15 is 0 Å². The number of rotatable bonds is 2. The molecule has 0 saturated heterocycles. The maximum atomic E-state index is 9.61. The number of phenolic OH excluding ortho intramolecular Hbond substituents is 1. The van der Waals surface area contributed by atoms with Crippen LogP contribution in [-0.4, -0.2) is 15.1 Å². The summed E-state index contributed by atoms with van der Waals surface area (Å²) in [4.78, 5) is 8.12. The Morgan fingerprint density at radius 2 is 1.58 bits per heavy atom. The second-order valence-electron chi connectivity index (χ2n) is 5.66. The van der Waals surface area contributed by atoms with E-state index < -0.39 is 0 Å². The molecule has 5 nitrogen and oxygen atoms in total. The molecule has 0 saturated carbocycles. The lowest BCUT2D eigenvalue weighted by Crippen LogP contribution is -1.98. The molecule has 0 aliphatic carbocycles. The first-order chi connectivity index (χ1) is 11.6. The Labute approximate surface area is 138 Å².